The van der Waals surface area contributed by atoms with Crippen molar-refractivity contribution >= 4 is 23.8 Å². The van der Waals surface area contributed by atoms with Gasteiger partial charge in [-0.15, -0.1) is 0 Å². The number of nitrogens with zero attached hydrogens (tertiary/aromatic N) is 3. The first-order valence-electron chi connectivity index (χ1n) is 8.40. The Kier molecular flexibility index (Phi) is 5.23. The minimum atomic E-state index is -0.568. The number of benzene rings is 1. The lowest BCUT2D eigenvalue weighted by Crippen LogP contribution is -2.24. The average molecular weight is 404 g/mol. The van der Waals surface area contributed by atoms with Gasteiger partial charge in [0, 0.05) is 26.0 Å². The molecule has 28 heavy (non-hydrogen) atoms. The maximum absolute atomic E-state index is 12.4. The molecule has 1 atom stereocenters. The zero-order chi connectivity index (χ0) is 20.6. The highest BCUT2D eigenvalue weighted by molar-refractivity contribution is 7.71. The van der Waals surface area contributed by atoms with Crippen LogP contribution >= 0.6 is 12.2 Å². The van der Waals surface area contributed by atoms with E-state index < -0.39 is 11.6 Å². The molecule has 3 rings (SSSR count). The van der Waals surface area contributed by atoms with Crippen LogP contribution in [0.4, 0.5) is 0 Å². The second kappa shape index (κ2) is 7.47. The van der Waals surface area contributed by atoms with Gasteiger partial charge in [0.1, 0.15) is 17.1 Å². The van der Waals surface area contributed by atoms with Crippen molar-refractivity contribution in [3.8, 4) is 17.4 Å². The van der Waals surface area contributed by atoms with Crippen LogP contribution in [-0.4, -0.2) is 45.5 Å². The van der Waals surface area contributed by atoms with Gasteiger partial charge in [-0.1, -0.05) is 0 Å². The summed E-state index contributed by atoms with van der Waals surface area (Å²) >= 11 is 5.00. The van der Waals surface area contributed by atoms with E-state index in [1.54, 1.807) is 25.3 Å². The predicted molar refractivity (Wildman–Crippen MR) is 104 cm³/mol. The van der Waals surface area contributed by atoms with E-state index >= 15 is 0 Å². The number of methoxy groups -OCH3 is 2. The lowest BCUT2D eigenvalue weighted by Gasteiger charge is -2.22. The summed E-state index contributed by atoms with van der Waals surface area (Å²) in [5.41, 5.74) is 0.359. The summed E-state index contributed by atoms with van der Waals surface area (Å²) in [7, 11) is 4.59. The number of amides is 1. The number of hydrogen-bond donors (Lipinski definition) is 2. The number of nitrogens with one attached hydrogen (secondary N) is 1. The molecule has 148 valence electrons. The van der Waals surface area contributed by atoms with Crippen molar-refractivity contribution in [1.29, 1.82) is 0 Å². The fourth-order valence-electron chi connectivity index (χ4n) is 3.16. The zero-order valence-corrected chi connectivity index (χ0v) is 16.7. The minimum Gasteiger partial charge on any atom is -0.497 e. The molecule has 0 spiro atoms. The third-order valence-corrected chi connectivity index (χ3v) is 4.99. The first-order valence-corrected chi connectivity index (χ1v) is 8.81. The molecule has 10 heteroatoms. The largest absolute Gasteiger partial charge is 0.497 e. The van der Waals surface area contributed by atoms with Crippen molar-refractivity contribution in [3.63, 3.8) is 0 Å². The molecule has 0 radical (unpaired) electrons. The first-order chi connectivity index (χ1) is 13.3. The molecule has 1 unspecified atom stereocenters. The third kappa shape index (κ3) is 3.26. The number of aromatic amines is 1. The van der Waals surface area contributed by atoms with Crippen LogP contribution < -0.4 is 15.0 Å². The predicted octanol–water partition coefficient (Wildman–Crippen LogP) is 1.86. The topological polar surface area (TPSA) is 109 Å². The van der Waals surface area contributed by atoms with E-state index in [4.69, 9.17) is 21.7 Å². The molecule has 2 heterocycles. The molecule has 1 aromatic heterocycles. The number of H-pyrrole nitrogens is 1. The lowest BCUT2D eigenvalue weighted by atomic mass is 9.98. The number of ether oxygens (including phenoxy) is 2. The quantitative estimate of drug-likeness (QED) is 0.753. The molecule has 1 aromatic carbocycles. The van der Waals surface area contributed by atoms with Crippen LogP contribution in [0.1, 0.15) is 30.5 Å². The molecule has 1 amide bonds. The number of hydrazone groups is 1. The monoisotopic (exact) mass is 404 g/mol. The normalized spacial score (nSPS) is 16.1. The van der Waals surface area contributed by atoms with Crippen LogP contribution in [-0.2, 0) is 11.8 Å². The fraction of sp³-hybridized carbons (Fsp3) is 0.333. The molecule has 0 fully saturated rings. The maximum atomic E-state index is 12.4. The van der Waals surface area contributed by atoms with Gasteiger partial charge in [-0.2, -0.15) is 5.10 Å². The molecular weight excluding hydrogens is 384 g/mol. The van der Waals surface area contributed by atoms with Crippen LogP contribution in [0, 0.1) is 4.77 Å². The van der Waals surface area contributed by atoms with Crippen LogP contribution in [0.3, 0.4) is 0 Å². The molecule has 9 nitrogen and oxygen atoms in total. The van der Waals surface area contributed by atoms with Gasteiger partial charge < -0.3 is 14.6 Å². The highest BCUT2D eigenvalue weighted by Crippen LogP contribution is 2.39. The summed E-state index contributed by atoms with van der Waals surface area (Å²) in [5, 5.41) is 16.0. The van der Waals surface area contributed by atoms with E-state index in [1.807, 2.05) is 0 Å². The standard InChI is InChI=1S/C18H20N4O5S/c1-9(23)22-13(11-7-10(26-3)5-6-14(11)27-4)8-12(20-22)15-16(24)19-18(28)21(2)17(15)25/h5-7,13,25H,8H2,1-4H3,(H,19,24,28). The second-order valence-electron chi connectivity index (χ2n) is 6.25. The van der Waals surface area contributed by atoms with Crippen molar-refractivity contribution in [1.82, 2.24) is 14.6 Å². The molecule has 0 saturated carbocycles. The van der Waals surface area contributed by atoms with Crippen molar-refractivity contribution in [2.24, 2.45) is 12.1 Å². The van der Waals surface area contributed by atoms with E-state index in [0.717, 1.165) is 0 Å². The van der Waals surface area contributed by atoms with Crippen molar-refractivity contribution in [3.05, 3.63) is 44.5 Å². The number of carbonyl (C=O) groups excluding carboxylic acids is 1. The summed E-state index contributed by atoms with van der Waals surface area (Å²) in [6, 6.07) is 4.72. The van der Waals surface area contributed by atoms with Crippen molar-refractivity contribution < 1.29 is 19.4 Å². The number of carbonyl (C=O) groups is 1. The van der Waals surface area contributed by atoms with E-state index in [9.17, 15) is 14.7 Å². The van der Waals surface area contributed by atoms with Gasteiger partial charge >= 0.3 is 0 Å². The van der Waals surface area contributed by atoms with Crippen molar-refractivity contribution in [2.75, 3.05) is 14.2 Å². The molecule has 1 aliphatic rings. The Morgan fingerprint density at radius 3 is 2.68 bits per heavy atom. The number of aromatic hydroxyl groups is 1. The third-order valence-electron chi connectivity index (χ3n) is 4.61. The van der Waals surface area contributed by atoms with Gasteiger partial charge in [0.2, 0.25) is 11.8 Å². The van der Waals surface area contributed by atoms with Crippen LogP contribution in [0.25, 0.3) is 0 Å². The molecule has 0 aliphatic carbocycles. The summed E-state index contributed by atoms with van der Waals surface area (Å²) in [6.07, 6.45) is 0.205. The molecule has 0 saturated heterocycles. The highest BCUT2D eigenvalue weighted by atomic mass is 32.1. The SMILES string of the molecule is COc1ccc(OC)c(C2CC(c3c(O)n(C)c(=S)[nH]c3=O)=NN2C(C)=O)c1. The number of rotatable bonds is 4. The van der Waals surface area contributed by atoms with Crippen LogP contribution in [0.5, 0.6) is 17.4 Å². The molecule has 0 bridgehead atoms. The molecule has 2 aromatic rings. The summed E-state index contributed by atoms with van der Waals surface area (Å²) in [4.78, 5) is 27.1. The number of hydrogen-bond acceptors (Lipinski definition) is 7. The molecule has 2 N–H and O–H groups in total. The van der Waals surface area contributed by atoms with Gasteiger partial charge in [0.15, 0.2) is 4.77 Å². The van der Waals surface area contributed by atoms with E-state index in [1.165, 1.54) is 30.7 Å². The van der Waals surface area contributed by atoms with E-state index in [2.05, 4.69) is 10.1 Å². The zero-order valence-electron chi connectivity index (χ0n) is 15.8. The molecule has 1 aliphatic heterocycles. The van der Waals surface area contributed by atoms with Crippen molar-refractivity contribution in [2.45, 2.75) is 19.4 Å². The minimum absolute atomic E-state index is 0.0216. The number of aromatic nitrogens is 2. The maximum Gasteiger partial charge on any atom is 0.264 e. The van der Waals surface area contributed by atoms with Gasteiger partial charge in [0.05, 0.1) is 26.0 Å². The Hall–Kier alpha value is -3.14. The fourth-order valence-corrected chi connectivity index (χ4v) is 3.34. The van der Waals surface area contributed by atoms with Crippen LogP contribution in [0.2, 0.25) is 0 Å². The molecular formula is C18H20N4O5S. The van der Waals surface area contributed by atoms with Gasteiger partial charge in [-0.05, 0) is 30.4 Å². The van der Waals surface area contributed by atoms with Gasteiger partial charge in [-0.25, -0.2) is 5.01 Å². The van der Waals surface area contributed by atoms with E-state index in [-0.39, 0.29) is 34.3 Å². The summed E-state index contributed by atoms with van der Waals surface area (Å²) in [5.74, 6) is 0.521. The van der Waals surface area contributed by atoms with Crippen LogP contribution in [0.15, 0.2) is 28.1 Å². The summed E-state index contributed by atoms with van der Waals surface area (Å²) < 4.78 is 12.1. The average Bonchev–Trinajstić information content (AvgIpc) is 3.10. The Bertz CT molecular complexity index is 1090. The smallest absolute Gasteiger partial charge is 0.264 e. The Balaban J connectivity index is 2.13. The first kappa shape index (κ1) is 19.6. The Morgan fingerprint density at radius 2 is 2.07 bits per heavy atom. The Morgan fingerprint density at radius 1 is 1.36 bits per heavy atom. The summed E-state index contributed by atoms with van der Waals surface area (Å²) in [6.45, 7) is 1.38. The second-order valence-corrected chi connectivity index (χ2v) is 6.64. The van der Waals surface area contributed by atoms with Gasteiger partial charge in [-0.3, -0.25) is 19.1 Å². The Labute approximate surface area is 165 Å². The lowest BCUT2D eigenvalue weighted by molar-refractivity contribution is -0.130. The highest BCUT2D eigenvalue weighted by Gasteiger charge is 2.35. The van der Waals surface area contributed by atoms with Gasteiger partial charge in [0.25, 0.3) is 5.56 Å². The van der Waals surface area contributed by atoms with E-state index in [0.29, 0.717) is 17.1 Å².